The first-order valence-electron chi connectivity index (χ1n) is 10.1. The zero-order chi connectivity index (χ0) is 17.8. The molecule has 0 amide bonds. The SMILES string of the molecule is CCCCOC[C@H]1O[C@@H](C(C)C)[C@@H](OCCCC)C1OCCCC. The van der Waals surface area contributed by atoms with Crippen LogP contribution in [0.15, 0.2) is 0 Å². The summed E-state index contributed by atoms with van der Waals surface area (Å²) >= 11 is 0. The molecule has 4 heteroatoms. The lowest BCUT2D eigenvalue weighted by atomic mass is 9.99. The molecule has 0 aliphatic carbocycles. The van der Waals surface area contributed by atoms with Crippen LogP contribution in [0.1, 0.15) is 73.1 Å². The molecule has 0 N–H and O–H groups in total. The highest BCUT2D eigenvalue weighted by Crippen LogP contribution is 2.31. The van der Waals surface area contributed by atoms with Gasteiger partial charge in [-0.15, -0.1) is 0 Å². The molecule has 4 atom stereocenters. The van der Waals surface area contributed by atoms with Gasteiger partial charge in [-0.25, -0.2) is 0 Å². The normalized spacial score (nSPS) is 27.2. The number of unbranched alkanes of at least 4 members (excludes halogenated alkanes) is 3. The molecule has 0 aromatic rings. The molecular formula is C20H40O4. The molecular weight excluding hydrogens is 304 g/mol. The van der Waals surface area contributed by atoms with Gasteiger partial charge < -0.3 is 18.9 Å². The summed E-state index contributed by atoms with van der Waals surface area (Å²) in [4.78, 5) is 0. The van der Waals surface area contributed by atoms with E-state index in [9.17, 15) is 0 Å². The molecule has 1 unspecified atom stereocenters. The third-order valence-corrected chi connectivity index (χ3v) is 4.54. The summed E-state index contributed by atoms with van der Waals surface area (Å²) in [5, 5.41) is 0. The molecule has 1 aliphatic rings. The Morgan fingerprint density at radius 2 is 1.33 bits per heavy atom. The van der Waals surface area contributed by atoms with Crippen LogP contribution >= 0.6 is 0 Å². The Labute approximate surface area is 149 Å². The lowest BCUT2D eigenvalue weighted by molar-refractivity contribution is -0.0796. The summed E-state index contributed by atoms with van der Waals surface area (Å²) in [6, 6.07) is 0. The van der Waals surface area contributed by atoms with Crippen molar-refractivity contribution in [1.29, 1.82) is 0 Å². The zero-order valence-electron chi connectivity index (χ0n) is 16.6. The van der Waals surface area contributed by atoms with Crippen LogP contribution in [0.25, 0.3) is 0 Å². The van der Waals surface area contributed by atoms with Crippen molar-refractivity contribution in [3.8, 4) is 0 Å². The zero-order valence-corrected chi connectivity index (χ0v) is 16.6. The second-order valence-corrected chi connectivity index (χ2v) is 7.19. The van der Waals surface area contributed by atoms with E-state index < -0.39 is 0 Å². The van der Waals surface area contributed by atoms with Crippen molar-refractivity contribution in [1.82, 2.24) is 0 Å². The molecule has 144 valence electrons. The van der Waals surface area contributed by atoms with Gasteiger partial charge in [-0.1, -0.05) is 53.9 Å². The van der Waals surface area contributed by atoms with Crippen LogP contribution in [0.4, 0.5) is 0 Å². The first kappa shape index (κ1) is 21.9. The van der Waals surface area contributed by atoms with Crippen molar-refractivity contribution in [2.24, 2.45) is 5.92 Å². The van der Waals surface area contributed by atoms with Crippen molar-refractivity contribution in [2.45, 2.75) is 97.6 Å². The molecule has 0 aromatic carbocycles. The Kier molecular flexibility index (Phi) is 11.9. The van der Waals surface area contributed by atoms with Crippen LogP contribution in [0.5, 0.6) is 0 Å². The number of rotatable bonds is 14. The Hall–Kier alpha value is -0.160. The van der Waals surface area contributed by atoms with E-state index in [1.165, 1.54) is 0 Å². The molecule has 0 radical (unpaired) electrons. The first-order chi connectivity index (χ1) is 11.7. The molecule has 1 aliphatic heterocycles. The van der Waals surface area contributed by atoms with Gasteiger partial charge in [-0.3, -0.25) is 0 Å². The van der Waals surface area contributed by atoms with E-state index in [1.54, 1.807) is 0 Å². The molecule has 1 saturated heterocycles. The van der Waals surface area contributed by atoms with Crippen molar-refractivity contribution in [3.05, 3.63) is 0 Å². The molecule has 24 heavy (non-hydrogen) atoms. The fourth-order valence-corrected chi connectivity index (χ4v) is 2.99. The Bertz CT molecular complexity index is 295. The van der Waals surface area contributed by atoms with E-state index >= 15 is 0 Å². The minimum absolute atomic E-state index is 0.0116. The quantitative estimate of drug-likeness (QED) is 0.432. The van der Waals surface area contributed by atoms with E-state index in [4.69, 9.17) is 18.9 Å². The van der Waals surface area contributed by atoms with Crippen LogP contribution in [0, 0.1) is 5.92 Å². The third kappa shape index (κ3) is 7.38. The summed E-state index contributed by atoms with van der Waals surface area (Å²) in [6.07, 6.45) is 6.78. The largest absolute Gasteiger partial charge is 0.379 e. The second kappa shape index (κ2) is 13.1. The van der Waals surface area contributed by atoms with Crippen LogP contribution in [-0.4, -0.2) is 50.8 Å². The van der Waals surface area contributed by atoms with Crippen molar-refractivity contribution < 1.29 is 18.9 Å². The summed E-state index contributed by atoms with van der Waals surface area (Å²) in [6.45, 7) is 13.9. The van der Waals surface area contributed by atoms with Gasteiger partial charge in [0, 0.05) is 19.8 Å². The molecule has 0 spiro atoms. The average molecular weight is 345 g/mol. The van der Waals surface area contributed by atoms with Crippen LogP contribution < -0.4 is 0 Å². The fourth-order valence-electron chi connectivity index (χ4n) is 2.99. The molecule has 0 aromatic heterocycles. The van der Waals surface area contributed by atoms with Gasteiger partial charge in [0.25, 0.3) is 0 Å². The van der Waals surface area contributed by atoms with E-state index in [0.717, 1.165) is 58.3 Å². The Morgan fingerprint density at radius 1 is 0.792 bits per heavy atom. The Morgan fingerprint density at radius 3 is 1.88 bits per heavy atom. The van der Waals surface area contributed by atoms with Crippen LogP contribution in [0.2, 0.25) is 0 Å². The number of ether oxygens (including phenoxy) is 4. The second-order valence-electron chi connectivity index (χ2n) is 7.19. The Balaban J connectivity index is 2.67. The van der Waals surface area contributed by atoms with E-state index in [0.29, 0.717) is 12.5 Å². The standard InChI is InChI=1S/C20H40O4/c1-6-9-12-21-15-17-19(22-13-10-7-2)20(23-14-11-8-3)18(24-17)16(4)5/h16-20H,6-15H2,1-5H3/t17-,18+,19?,20-/m1/s1. The fraction of sp³-hybridized carbons (Fsp3) is 1.00. The summed E-state index contributed by atoms with van der Waals surface area (Å²) in [5.41, 5.74) is 0. The van der Waals surface area contributed by atoms with Gasteiger partial charge in [-0.05, 0) is 25.2 Å². The molecule has 1 heterocycles. The van der Waals surface area contributed by atoms with Crippen LogP contribution in [-0.2, 0) is 18.9 Å². The molecule has 4 nitrogen and oxygen atoms in total. The maximum absolute atomic E-state index is 6.31. The summed E-state index contributed by atoms with van der Waals surface area (Å²) in [5.74, 6) is 0.412. The molecule has 1 rings (SSSR count). The van der Waals surface area contributed by atoms with Gasteiger partial charge >= 0.3 is 0 Å². The highest BCUT2D eigenvalue weighted by atomic mass is 16.6. The molecule has 0 saturated carbocycles. The maximum atomic E-state index is 6.31. The monoisotopic (exact) mass is 344 g/mol. The minimum atomic E-state index is -0.0160. The van der Waals surface area contributed by atoms with E-state index in [-0.39, 0.29) is 24.4 Å². The highest BCUT2D eigenvalue weighted by molar-refractivity contribution is 4.94. The predicted octanol–water partition coefficient (Wildman–Crippen LogP) is 4.60. The third-order valence-electron chi connectivity index (χ3n) is 4.54. The molecule has 0 bridgehead atoms. The van der Waals surface area contributed by atoms with Gasteiger partial charge in [-0.2, -0.15) is 0 Å². The van der Waals surface area contributed by atoms with Crippen molar-refractivity contribution in [3.63, 3.8) is 0 Å². The minimum Gasteiger partial charge on any atom is -0.379 e. The van der Waals surface area contributed by atoms with Gasteiger partial charge in [0.15, 0.2) is 0 Å². The lowest BCUT2D eigenvalue weighted by Crippen LogP contribution is -2.40. The first-order valence-corrected chi connectivity index (χ1v) is 10.1. The van der Waals surface area contributed by atoms with Crippen molar-refractivity contribution >= 4 is 0 Å². The average Bonchev–Trinajstić information content (AvgIpc) is 2.90. The predicted molar refractivity (Wildman–Crippen MR) is 98.5 cm³/mol. The summed E-state index contributed by atoms with van der Waals surface area (Å²) < 4.78 is 24.6. The number of hydrogen-bond donors (Lipinski definition) is 0. The highest BCUT2D eigenvalue weighted by Gasteiger charge is 2.47. The molecule has 1 fully saturated rings. The maximum Gasteiger partial charge on any atom is 0.115 e. The smallest absolute Gasteiger partial charge is 0.115 e. The topological polar surface area (TPSA) is 36.9 Å². The van der Waals surface area contributed by atoms with Crippen LogP contribution in [0.3, 0.4) is 0 Å². The van der Waals surface area contributed by atoms with Gasteiger partial charge in [0.05, 0.1) is 12.7 Å². The number of hydrogen-bond acceptors (Lipinski definition) is 4. The van der Waals surface area contributed by atoms with Crippen molar-refractivity contribution in [2.75, 3.05) is 26.4 Å². The van der Waals surface area contributed by atoms with E-state index in [1.807, 2.05) is 0 Å². The summed E-state index contributed by atoms with van der Waals surface area (Å²) in [7, 11) is 0. The van der Waals surface area contributed by atoms with E-state index in [2.05, 4.69) is 34.6 Å². The lowest BCUT2D eigenvalue weighted by Gasteiger charge is -2.26. The van der Waals surface area contributed by atoms with Gasteiger partial charge in [0.1, 0.15) is 18.3 Å². The van der Waals surface area contributed by atoms with Gasteiger partial charge in [0.2, 0.25) is 0 Å².